The molecule has 3 rings (SSSR count). The number of aromatic nitrogens is 3. The number of ether oxygens (including phenoxy) is 1. The Morgan fingerprint density at radius 1 is 1.29 bits per heavy atom. The number of nitrogens with zero attached hydrogens (tertiary/aromatic N) is 3. The normalized spacial score (nSPS) is 13.8. The minimum atomic E-state index is -0.563. The summed E-state index contributed by atoms with van der Waals surface area (Å²) < 4.78 is 18.2. The van der Waals surface area contributed by atoms with Crippen LogP contribution in [0.1, 0.15) is 34.9 Å². The van der Waals surface area contributed by atoms with Crippen molar-refractivity contribution >= 4 is 11.6 Å². The number of rotatable bonds is 4. The highest BCUT2D eigenvalue weighted by Gasteiger charge is 2.26. The van der Waals surface area contributed by atoms with Crippen molar-refractivity contribution in [3.63, 3.8) is 0 Å². The molecule has 1 aliphatic carbocycles. The molecule has 2 aromatic heterocycles. The zero-order valence-corrected chi connectivity index (χ0v) is 11.3. The van der Waals surface area contributed by atoms with E-state index >= 15 is 0 Å². The lowest BCUT2D eigenvalue weighted by molar-refractivity contribution is 0.102. The average Bonchev–Trinajstić information content (AvgIpc) is 3.32. The van der Waals surface area contributed by atoms with E-state index in [1.807, 2.05) is 0 Å². The summed E-state index contributed by atoms with van der Waals surface area (Å²) in [7, 11) is 1.39. The maximum Gasteiger partial charge on any atom is 0.258 e. The lowest BCUT2D eigenvalue weighted by atomic mass is 10.3. The van der Waals surface area contributed by atoms with E-state index in [4.69, 9.17) is 4.74 Å². The number of methoxy groups -OCH3 is 1. The molecule has 0 unspecified atom stereocenters. The molecule has 108 valence electrons. The number of hydrogen-bond donors (Lipinski definition) is 1. The van der Waals surface area contributed by atoms with Crippen LogP contribution in [-0.2, 0) is 0 Å². The van der Waals surface area contributed by atoms with Gasteiger partial charge in [-0.2, -0.15) is 0 Å². The summed E-state index contributed by atoms with van der Waals surface area (Å²) in [6, 6.07) is 1.14. The zero-order chi connectivity index (χ0) is 14.8. The number of carbonyl (C=O) groups excluding carboxylic acids is 1. The van der Waals surface area contributed by atoms with Crippen molar-refractivity contribution in [1.29, 1.82) is 0 Å². The van der Waals surface area contributed by atoms with Crippen LogP contribution in [0.2, 0.25) is 0 Å². The Morgan fingerprint density at radius 3 is 2.62 bits per heavy atom. The standard InChI is InChI=1S/C14H13FN4O2/c1-21-14-11(4-10(15)7-18-14)19-13(20)9-5-16-12(17-6-9)8-2-3-8/h4-8H,2-3H2,1H3,(H,19,20). The van der Waals surface area contributed by atoms with Gasteiger partial charge in [0.1, 0.15) is 17.3 Å². The molecule has 7 heteroatoms. The van der Waals surface area contributed by atoms with Crippen LogP contribution in [0.4, 0.5) is 10.1 Å². The first-order valence-electron chi connectivity index (χ1n) is 6.50. The topological polar surface area (TPSA) is 77.0 Å². The Kier molecular flexibility index (Phi) is 3.47. The summed E-state index contributed by atoms with van der Waals surface area (Å²) in [6.07, 6.45) is 6.14. The van der Waals surface area contributed by atoms with Gasteiger partial charge >= 0.3 is 0 Å². The molecular formula is C14H13FN4O2. The number of carbonyl (C=O) groups is 1. The van der Waals surface area contributed by atoms with Crippen LogP contribution >= 0.6 is 0 Å². The molecule has 0 radical (unpaired) electrons. The Bertz CT molecular complexity index is 671. The van der Waals surface area contributed by atoms with Gasteiger partial charge in [-0.05, 0) is 12.8 Å². The summed E-state index contributed by atoms with van der Waals surface area (Å²) in [5, 5.41) is 2.54. The van der Waals surface area contributed by atoms with Gasteiger partial charge in [0.2, 0.25) is 5.88 Å². The molecule has 1 N–H and O–H groups in total. The van der Waals surface area contributed by atoms with E-state index in [0.29, 0.717) is 11.5 Å². The van der Waals surface area contributed by atoms with E-state index in [9.17, 15) is 9.18 Å². The molecule has 1 amide bonds. The molecule has 0 aliphatic heterocycles. The smallest absolute Gasteiger partial charge is 0.258 e. The van der Waals surface area contributed by atoms with Crippen molar-refractivity contribution in [3.05, 3.63) is 41.9 Å². The number of amides is 1. The number of nitrogens with one attached hydrogen (secondary N) is 1. The van der Waals surface area contributed by atoms with Gasteiger partial charge in [0.25, 0.3) is 5.91 Å². The van der Waals surface area contributed by atoms with Crippen LogP contribution in [-0.4, -0.2) is 28.0 Å². The quantitative estimate of drug-likeness (QED) is 0.932. The third kappa shape index (κ3) is 2.96. The van der Waals surface area contributed by atoms with Crippen LogP contribution in [0.25, 0.3) is 0 Å². The van der Waals surface area contributed by atoms with E-state index < -0.39 is 11.7 Å². The number of hydrogen-bond acceptors (Lipinski definition) is 5. The van der Waals surface area contributed by atoms with E-state index in [1.54, 1.807) is 0 Å². The molecule has 0 spiro atoms. The third-order valence-corrected chi connectivity index (χ3v) is 3.14. The molecule has 21 heavy (non-hydrogen) atoms. The molecule has 0 saturated heterocycles. The first-order valence-corrected chi connectivity index (χ1v) is 6.50. The second-order valence-corrected chi connectivity index (χ2v) is 4.77. The van der Waals surface area contributed by atoms with Crippen molar-refractivity contribution in [3.8, 4) is 5.88 Å². The van der Waals surface area contributed by atoms with E-state index in [0.717, 1.165) is 30.9 Å². The lowest BCUT2D eigenvalue weighted by Crippen LogP contribution is -2.14. The summed E-state index contributed by atoms with van der Waals surface area (Å²) in [5.74, 6) is 0.320. The molecule has 0 atom stereocenters. The molecule has 0 aromatic carbocycles. The first kappa shape index (κ1) is 13.4. The van der Waals surface area contributed by atoms with Crippen molar-refractivity contribution in [2.45, 2.75) is 18.8 Å². The first-order chi connectivity index (χ1) is 10.2. The van der Waals surface area contributed by atoms with Gasteiger partial charge in [-0.1, -0.05) is 0 Å². The van der Waals surface area contributed by atoms with Crippen molar-refractivity contribution < 1.29 is 13.9 Å². The third-order valence-electron chi connectivity index (χ3n) is 3.14. The van der Waals surface area contributed by atoms with Gasteiger partial charge in [-0.3, -0.25) is 4.79 Å². The van der Waals surface area contributed by atoms with Crippen LogP contribution in [0.3, 0.4) is 0 Å². The monoisotopic (exact) mass is 288 g/mol. The van der Waals surface area contributed by atoms with Gasteiger partial charge in [-0.25, -0.2) is 19.3 Å². The summed E-state index contributed by atoms with van der Waals surface area (Å²) in [5.41, 5.74) is 0.458. The fourth-order valence-electron chi connectivity index (χ4n) is 1.88. The molecule has 1 saturated carbocycles. The van der Waals surface area contributed by atoms with Crippen LogP contribution in [0, 0.1) is 5.82 Å². The minimum Gasteiger partial charge on any atom is -0.480 e. The van der Waals surface area contributed by atoms with Crippen molar-refractivity contribution in [2.75, 3.05) is 12.4 Å². The Hall–Kier alpha value is -2.57. The van der Waals surface area contributed by atoms with E-state index in [1.165, 1.54) is 19.5 Å². The zero-order valence-electron chi connectivity index (χ0n) is 11.3. The number of anilines is 1. The highest BCUT2D eigenvalue weighted by atomic mass is 19.1. The fraction of sp³-hybridized carbons (Fsp3) is 0.286. The van der Waals surface area contributed by atoms with Crippen LogP contribution in [0.15, 0.2) is 24.7 Å². The van der Waals surface area contributed by atoms with E-state index in [-0.39, 0.29) is 11.6 Å². The van der Waals surface area contributed by atoms with Crippen LogP contribution < -0.4 is 10.1 Å². The molecule has 0 bridgehead atoms. The van der Waals surface area contributed by atoms with Crippen LogP contribution in [0.5, 0.6) is 5.88 Å². The fourth-order valence-corrected chi connectivity index (χ4v) is 1.88. The summed E-state index contributed by atoms with van der Waals surface area (Å²) in [6.45, 7) is 0. The lowest BCUT2D eigenvalue weighted by Gasteiger charge is -2.09. The van der Waals surface area contributed by atoms with Gasteiger partial charge in [0, 0.05) is 24.4 Å². The molecule has 2 aromatic rings. The summed E-state index contributed by atoms with van der Waals surface area (Å²) in [4.78, 5) is 24.2. The minimum absolute atomic E-state index is 0.139. The second kappa shape index (κ2) is 5.43. The molecule has 1 aliphatic rings. The predicted octanol–water partition coefficient (Wildman–Crippen LogP) is 2.15. The Balaban J connectivity index is 1.77. The maximum atomic E-state index is 13.2. The van der Waals surface area contributed by atoms with E-state index in [2.05, 4.69) is 20.3 Å². The highest BCUT2D eigenvalue weighted by molar-refractivity contribution is 6.04. The van der Waals surface area contributed by atoms with Gasteiger partial charge in [0.05, 0.1) is 18.9 Å². The number of halogens is 1. The molecule has 6 nitrogen and oxygen atoms in total. The highest BCUT2D eigenvalue weighted by Crippen LogP contribution is 2.37. The predicted molar refractivity (Wildman–Crippen MR) is 72.7 cm³/mol. The summed E-state index contributed by atoms with van der Waals surface area (Å²) >= 11 is 0. The van der Waals surface area contributed by atoms with Crippen molar-refractivity contribution in [2.24, 2.45) is 0 Å². The average molecular weight is 288 g/mol. The van der Waals surface area contributed by atoms with Crippen molar-refractivity contribution in [1.82, 2.24) is 15.0 Å². The maximum absolute atomic E-state index is 13.2. The SMILES string of the molecule is COc1ncc(F)cc1NC(=O)c1cnc(C2CC2)nc1. The molecule has 1 fully saturated rings. The van der Waals surface area contributed by atoms with Gasteiger partial charge in [-0.15, -0.1) is 0 Å². The van der Waals surface area contributed by atoms with Gasteiger partial charge < -0.3 is 10.1 Å². The Labute approximate surface area is 120 Å². The van der Waals surface area contributed by atoms with Gasteiger partial charge in [0.15, 0.2) is 0 Å². The Morgan fingerprint density at radius 2 is 2.00 bits per heavy atom. The largest absolute Gasteiger partial charge is 0.480 e. The second-order valence-electron chi connectivity index (χ2n) is 4.77. The number of pyridine rings is 1. The molecule has 2 heterocycles. The molecular weight excluding hydrogens is 275 g/mol.